The molecule has 0 bridgehead atoms. The minimum atomic E-state index is -0.604. The molecule has 1 fully saturated rings. The third kappa shape index (κ3) is 7.21. The summed E-state index contributed by atoms with van der Waals surface area (Å²) in [5.74, 6) is -0.123. The van der Waals surface area contributed by atoms with Crippen LogP contribution in [0.3, 0.4) is 0 Å². The fraction of sp³-hybridized carbons (Fsp3) is 0.379. The molecule has 0 amide bonds. The Hall–Kier alpha value is -2.58. The van der Waals surface area contributed by atoms with Crippen molar-refractivity contribution in [1.82, 2.24) is 0 Å². The molecule has 2 N–H and O–H groups in total. The molecule has 0 saturated carbocycles. The summed E-state index contributed by atoms with van der Waals surface area (Å²) < 4.78 is 30.9. The predicted molar refractivity (Wildman–Crippen MR) is 134 cm³/mol. The number of rotatable bonds is 12. The lowest BCUT2D eigenvalue weighted by molar-refractivity contribution is -0.304. The molecule has 6 heteroatoms. The van der Waals surface area contributed by atoms with Crippen LogP contribution in [0.2, 0.25) is 0 Å². The fourth-order valence-corrected chi connectivity index (χ4v) is 4.39. The van der Waals surface area contributed by atoms with Crippen LogP contribution in [0.15, 0.2) is 91.0 Å². The first kappa shape index (κ1) is 25.5. The average Bonchev–Trinajstić information content (AvgIpc) is 2.92. The van der Waals surface area contributed by atoms with Gasteiger partial charge >= 0.3 is 0 Å². The molecule has 0 aliphatic carbocycles. The van der Waals surface area contributed by atoms with Crippen LogP contribution >= 0.6 is 0 Å². The van der Waals surface area contributed by atoms with Gasteiger partial charge in [-0.3, -0.25) is 0 Å². The SMILES string of the molecule is CO[C@H]1O[C@H](COCc2ccccc2)[C@@H](CN)[C@H](OCc2ccccc2)[C@H]1OCc1ccccc1. The lowest BCUT2D eigenvalue weighted by Gasteiger charge is -2.45. The number of hydrogen-bond donors (Lipinski definition) is 1. The molecule has 6 nitrogen and oxygen atoms in total. The second-order valence-corrected chi connectivity index (χ2v) is 8.70. The van der Waals surface area contributed by atoms with Gasteiger partial charge in [-0.15, -0.1) is 0 Å². The van der Waals surface area contributed by atoms with Crippen LogP contribution in [0.25, 0.3) is 0 Å². The highest BCUT2D eigenvalue weighted by molar-refractivity contribution is 5.15. The van der Waals surface area contributed by atoms with Crippen molar-refractivity contribution >= 4 is 0 Å². The van der Waals surface area contributed by atoms with Gasteiger partial charge in [0.1, 0.15) is 6.10 Å². The van der Waals surface area contributed by atoms with Crippen molar-refractivity contribution in [1.29, 1.82) is 0 Å². The maximum atomic E-state index is 6.48. The summed E-state index contributed by atoms with van der Waals surface area (Å²) >= 11 is 0. The highest BCUT2D eigenvalue weighted by Gasteiger charge is 2.47. The van der Waals surface area contributed by atoms with Gasteiger partial charge in [0.2, 0.25) is 0 Å². The van der Waals surface area contributed by atoms with Gasteiger partial charge in [0.05, 0.1) is 38.6 Å². The monoisotopic (exact) mass is 477 g/mol. The van der Waals surface area contributed by atoms with Crippen molar-refractivity contribution in [3.05, 3.63) is 108 Å². The minimum Gasteiger partial charge on any atom is -0.374 e. The Balaban J connectivity index is 1.48. The summed E-state index contributed by atoms with van der Waals surface area (Å²) in [6.45, 7) is 2.13. The van der Waals surface area contributed by atoms with Crippen molar-refractivity contribution in [2.45, 2.75) is 44.4 Å². The molecule has 4 rings (SSSR count). The predicted octanol–water partition coefficient (Wildman–Crippen LogP) is 4.32. The highest BCUT2D eigenvalue weighted by atomic mass is 16.7. The molecule has 0 radical (unpaired) electrons. The molecule has 0 aromatic heterocycles. The standard InChI is InChI=1S/C29H35NO5/c1-31-29-28(34-20-24-15-9-4-10-16-24)27(33-19-23-13-7-3-8-14-23)25(17-30)26(35-29)21-32-18-22-11-5-2-6-12-22/h2-16,25-29H,17-21,30H2,1H3/t25-,26-,27+,28-,29+/m1/s1. The van der Waals surface area contributed by atoms with Crippen molar-refractivity contribution in [3.8, 4) is 0 Å². The van der Waals surface area contributed by atoms with Crippen molar-refractivity contribution in [2.24, 2.45) is 11.7 Å². The van der Waals surface area contributed by atoms with Crippen LogP contribution < -0.4 is 5.73 Å². The fourth-order valence-electron chi connectivity index (χ4n) is 4.39. The maximum absolute atomic E-state index is 6.48. The van der Waals surface area contributed by atoms with Gasteiger partial charge in [0.15, 0.2) is 6.29 Å². The smallest absolute Gasteiger partial charge is 0.186 e. The zero-order chi connectivity index (χ0) is 24.3. The summed E-state index contributed by atoms with van der Waals surface area (Å²) in [4.78, 5) is 0. The molecule has 35 heavy (non-hydrogen) atoms. The zero-order valence-electron chi connectivity index (χ0n) is 20.2. The van der Waals surface area contributed by atoms with E-state index in [2.05, 4.69) is 0 Å². The number of nitrogens with two attached hydrogens (primary N) is 1. The third-order valence-corrected chi connectivity index (χ3v) is 6.27. The molecule has 1 saturated heterocycles. The van der Waals surface area contributed by atoms with Gasteiger partial charge < -0.3 is 29.4 Å². The Morgan fingerprint density at radius 3 is 1.66 bits per heavy atom. The topological polar surface area (TPSA) is 72.2 Å². The molecule has 1 aliphatic heterocycles. The molecule has 3 aromatic rings. The van der Waals surface area contributed by atoms with E-state index in [4.69, 9.17) is 29.4 Å². The van der Waals surface area contributed by atoms with Gasteiger partial charge in [-0.1, -0.05) is 91.0 Å². The lowest BCUT2D eigenvalue weighted by Crippen LogP contribution is -2.59. The maximum Gasteiger partial charge on any atom is 0.186 e. The Morgan fingerprint density at radius 2 is 1.17 bits per heavy atom. The zero-order valence-corrected chi connectivity index (χ0v) is 20.2. The molecular formula is C29H35NO5. The molecule has 3 aromatic carbocycles. The lowest BCUT2D eigenvalue weighted by atomic mass is 9.88. The van der Waals surface area contributed by atoms with E-state index in [1.54, 1.807) is 7.11 Å². The van der Waals surface area contributed by atoms with E-state index in [1.165, 1.54) is 0 Å². The van der Waals surface area contributed by atoms with E-state index < -0.39 is 12.4 Å². The second-order valence-electron chi connectivity index (χ2n) is 8.70. The summed E-state index contributed by atoms with van der Waals surface area (Å²) in [7, 11) is 1.63. The molecule has 1 heterocycles. The number of benzene rings is 3. The summed E-state index contributed by atoms with van der Waals surface area (Å²) in [6.07, 6.45) is -1.66. The first-order chi connectivity index (χ1) is 17.3. The molecule has 5 atom stereocenters. The van der Waals surface area contributed by atoms with Gasteiger partial charge in [0, 0.05) is 19.6 Å². The van der Waals surface area contributed by atoms with E-state index in [9.17, 15) is 0 Å². The van der Waals surface area contributed by atoms with Crippen LogP contribution in [0.5, 0.6) is 0 Å². The summed E-state index contributed by atoms with van der Waals surface area (Å²) in [5.41, 5.74) is 9.55. The Morgan fingerprint density at radius 1 is 0.686 bits per heavy atom. The van der Waals surface area contributed by atoms with Crippen molar-refractivity contribution in [2.75, 3.05) is 20.3 Å². The van der Waals surface area contributed by atoms with Gasteiger partial charge in [0.25, 0.3) is 0 Å². The average molecular weight is 478 g/mol. The molecule has 1 aliphatic rings. The largest absolute Gasteiger partial charge is 0.374 e. The van der Waals surface area contributed by atoms with Crippen LogP contribution in [0, 0.1) is 5.92 Å². The third-order valence-electron chi connectivity index (χ3n) is 6.27. The molecule has 0 unspecified atom stereocenters. The number of methoxy groups -OCH3 is 1. The Labute approximate surface area is 207 Å². The van der Waals surface area contributed by atoms with Crippen molar-refractivity contribution < 1.29 is 23.7 Å². The highest BCUT2D eigenvalue weighted by Crippen LogP contribution is 2.32. The normalized spacial score (nSPS) is 24.3. The van der Waals surface area contributed by atoms with Crippen LogP contribution in [-0.4, -0.2) is 44.9 Å². The van der Waals surface area contributed by atoms with Crippen molar-refractivity contribution in [3.63, 3.8) is 0 Å². The molecule has 0 spiro atoms. The van der Waals surface area contributed by atoms with Crippen LogP contribution in [-0.2, 0) is 43.5 Å². The summed E-state index contributed by atoms with van der Waals surface area (Å²) in [5, 5.41) is 0. The van der Waals surface area contributed by atoms with E-state index in [0.29, 0.717) is 33.0 Å². The van der Waals surface area contributed by atoms with Gasteiger partial charge in [-0.05, 0) is 16.7 Å². The van der Waals surface area contributed by atoms with E-state index in [0.717, 1.165) is 16.7 Å². The number of hydrogen-bond acceptors (Lipinski definition) is 6. The number of ether oxygens (including phenoxy) is 5. The van der Waals surface area contributed by atoms with Crippen LogP contribution in [0.1, 0.15) is 16.7 Å². The van der Waals surface area contributed by atoms with Gasteiger partial charge in [-0.2, -0.15) is 0 Å². The first-order valence-corrected chi connectivity index (χ1v) is 12.1. The Bertz CT molecular complexity index is 972. The van der Waals surface area contributed by atoms with Crippen LogP contribution in [0.4, 0.5) is 0 Å². The van der Waals surface area contributed by atoms with E-state index in [1.807, 2.05) is 91.0 Å². The quantitative estimate of drug-likeness (QED) is 0.419. The molecule has 186 valence electrons. The second kappa shape index (κ2) is 13.5. The first-order valence-electron chi connectivity index (χ1n) is 12.1. The van der Waals surface area contributed by atoms with Gasteiger partial charge in [-0.25, -0.2) is 0 Å². The minimum absolute atomic E-state index is 0.123. The van der Waals surface area contributed by atoms with E-state index >= 15 is 0 Å². The summed E-state index contributed by atoms with van der Waals surface area (Å²) in [6, 6.07) is 30.2. The molecular weight excluding hydrogens is 442 g/mol. The van der Waals surface area contributed by atoms with E-state index in [-0.39, 0.29) is 18.1 Å². The Kier molecular flexibility index (Phi) is 9.84.